The monoisotopic (exact) mass is 357 g/mol. The lowest BCUT2D eigenvalue weighted by Gasteiger charge is -2.10. The molecule has 0 radical (unpaired) electrons. The van der Waals surface area contributed by atoms with E-state index in [4.69, 9.17) is 0 Å². The number of amides is 1. The summed E-state index contributed by atoms with van der Waals surface area (Å²) in [6, 6.07) is 8.42. The first-order valence-electron chi connectivity index (χ1n) is 7.99. The van der Waals surface area contributed by atoms with Crippen LogP contribution in [-0.2, 0) is 0 Å². The molecule has 0 aliphatic rings. The first kappa shape index (κ1) is 17.5. The van der Waals surface area contributed by atoms with E-state index < -0.39 is 17.5 Å². The van der Waals surface area contributed by atoms with Gasteiger partial charge in [-0.25, -0.2) is 18.7 Å². The maximum Gasteiger partial charge on any atom is 0.254 e. The summed E-state index contributed by atoms with van der Waals surface area (Å²) in [5, 5.41) is 5.66. The number of rotatable bonds is 6. The van der Waals surface area contributed by atoms with Crippen molar-refractivity contribution < 1.29 is 13.6 Å². The molecule has 0 aliphatic heterocycles. The normalized spacial score (nSPS) is 10.6. The molecule has 0 bridgehead atoms. The highest BCUT2D eigenvalue weighted by atomic mass is 19.1. The van der Waals surface area contributed by atoms with Gasteiger partial charge in [-0.3, -0.25) is 4.79 Å². The minimum absolute atomic E-state index is 0.195. The number of nitrogens with zero attached hydrogens (tertiary/aromatic N) is 3. The fraction of sp³-hybridized carbons (Fsp3) is 0.167. The Kier molecular flexibility index (Phi) is 5.21. The molecule has 6 nitrogen and oxygen atoms in total. The number of aryl methyl sites for hydroxylation is 1. The number of hydrogen-bond acceptors (Lipinski definition) is 4. The molecule has 0 spiro atoms. The van der Waals surface area contributed by atoms with E-state index >= 15 is 0 Å². The molecule has 0 saturated heterocycles. The number of halogens is 2. The summed E-state index contributed by atoms with van der Waals surface area (Å²) >= 11 is 0. The molecule has 1 aromatic carbocycles. The SMILES string of the molecule is Cc1nc(NCCNC(=O)c2ccc(F)cc2F)cc(-n2cccc2)n1. The molecule has 8 heteroatoms. The molecule has 3 aromatic rings. The molecule has 2 heterocycles. The van der Waals surface area contributed by atoms with Crippen LogP contribution in [0.25, 0.3) is 5.82 Å². The number of benzene rings is 1. The summed E-state index contributed by atoms with van der Waals surface area (Å²) in [7, 11) is 0. The van der Waals surface area contributed by atoms with Crippen molar-refractivity contribution in [1.82, 2.24) is 19.9 Å². The number of nitrogens with one attached hydrogen (secondary N) is 2. The van der Waals surface area contributed by atoms with E-state index in [9.17, 15) is 13.6 Å². The number of anilines is 1. The van der Waals surface area contributed by atoms with Crippen molar-refractivity contribution in [3.63, 3.8) is 0 Å². The van der Waals surface area contributed by atoms with Crippen molar-refractivity contribution in [1.29, 1.82) is 0 Å². The van der Waals surface area contributed by atoms with Crippen LogP contribution in [0.5, 0.6) is 0 Å². The summed E-state index contributed by atoms with van der Waals surface area (Å²) in [6.45, 7) is 2.42. The molecular weight excluding hydrogens is 340 g/mol. The zero-order valence-corrected chi connectivity index (χ0v) is 14.0. The van der Waals surface area contributed by atoms with E-state index in [0.29, 0.717) is 24.3 Å². The van der Waals surface area contributed by atoms with Crippen molar-refractivity contribution in [2.24, 2.45) is 0 Å². The highest BCUT2D eigenvalue weighted by Gasteiger charge is 2.11. The second-order valence-electron chi connectivity index (χ2n) is 5.56. The van der Waals surface area contributed by atoms with Crippen molar-refractivity contribution in [3.05, 3.63) is 71.8 Å². The van der Waals surface area contributed by atoms with Gasteiger partial charge in [0.05, 0.1) is 5.56 Å². The molecule has 3 rings (SSSR count). The van der Waals surface area contributed by atoms with Gasteiger partial charge < -0.3 is 15.2 Å². The fourth-order valence-electron chi connectivity index (χ4n) is 2.40. The smallest absolute Gasteiger partial charge is 0.254 e. The predicted molar refractivity (Wildman–Crippen MR) is 93.3 cm³/mol. The zero-order valence-electron chi connectivity index (χ0n) is 14.0. The van der Waals surface area contributed by atoms with Crippen LogP contribution in [-0.4, -0.2) is 33.5 Å². The lowest BCUT2D eigenvalue weighted by atomic mass is 10.2. The third-order valence-corrected chi connectivity index (χ3v) is 3.59. The van der Waals surface area contributed by atoms with Gasteiger partial charge in [0.1, 0.15) is 29.1 Å². The number of hydrogen-bond donors (Lipinski definition) is 2. The molecule has 2 aromatic heterocycles. The van der Waals surface area contributed by atoms with Crippen LogP contribution in [0.1, 0.15) is 16.2 Å². The Labute approximate surface area is 148 Å². The molecule has 0 fully saturated rings. The highest BCUT2D eigenvalue weighted by Crippen LogP contribution is 2.11. The minimum Gasteiger partial charge on any atom is -0.368 e. The third-order valence-electron chi connectivity index (χ3n) is 3.59. The largest absolute Gasteiger partial charge is 0.368 e. The molecule has 134 valence electrons. The van der Waals surface area contributed by atoms with Crippen LogP contribution >= 0.6 is 0 Å². The topological polar surface area (TPSA) is 71.8 Å². The average Bonchev–Trinajstić information content (AvgIpc) is 3.13. The van der Waals surface area contributed by atoms with Gasteiger partial charge in [-0.15, -0.1) is 0 Å². The lowest BCUT2D eigenvalue weighted by molar-refractivity contribution is 0.0951. The van der Waals surface area contributed by atoms with Crippen LogP contribution in [0.15, 0.2) is 48.8 Å². The molecule has 26 heavy (non-hydrogen) atoms. The second kappa shape index (κ2) is 7.73. The number of aromatic nitrogens is 3. The first-order valence-corrected chi connectivity index (χ1v) is 7.99. The lowest BCUT2D eigenvalue weighted by Crippen LogP contribution is -2.29. The Balaban J connectivity index is 1.56. The summed E-state index contributed by atoms with van der Waals surface area (Å²) in [5.41, 5.74) is -0.195. The van der Waals surface area contributed by atoms with E-state index in [0.717, 1.165) is 18.0 Å². The maximum absolute atomic E-state index is 13.6. The van der Waals surface area contributed by atoms with E-state index in [2.05, 4.69) is 20.6 Å². The van der Waals surface area contributed by atoms with Gasteiger partial charge in [-0.05, 0) is 31.2 Å². The minimum atomic E-state index is -0.891. The van der Waals surface area contributed by atoms with Gasteiger partial charge in [-0.2, -0.15) is 0 Å². The molecule has 0 atom stereocenters. The first-order chi connectivity index (χ1) is 12.5. The molecular formula is C18H17F2N5O. The average molecular weight is 357 g/mol. The van der Waals surface area contributed by atoms with Crippen LogP contribution in [0.3, 0.4) is 0 Å². The Bertz CT molecular complexity index is 912. The van der Waals surface area contributed by atoms with Crippen molar-refractivity contribution in [2.45, 2.75) is 6.92 Å². The van der Waals surface area contributed by atoms with Gasteiger partial charge in [0.25, 0.3) is 5.91 Å². The third kappa shape index (κ3) is 4.21. The van der Waals surface area contributed by atoms with Crippen LogP contribution in [0.2, 0.25) is 0 Å². The van der Waals surface area contributed by atoms with Gasteiger partial charge >= 0.3 is 0 Å². The van der Waals surface area contributed by atoms with Gasteiger partial charge in [0.15, 0.2) is 0 Å². The Morgan fingerprint density at radius 1 is 1.12 bits per heavy atom. The van der Waals surface area contributed by atoms with Crippen LogP contribution in [0.4, 0.5) is 14.6 Å². The van der Waals surface area contributed by atoms with Crippen LogP contribution in [0, 0.1) is 18.6 Å². The quantitative estimate of drug-likeness (QED) is 0.666. The van der Waals surface area contributed by atoms with Crippen LogP contribution < -0.4 is 10.6 Å². The molecule has 0 unspecified atom stereocenters. The van der Waals surface area contributed by atoms with E-state index in [1.54, 1.807) is 13.0 Å². The van der Waals surface area contributed by atoms with Crippen molar-refractivity contribution in [2.75, 3.05) is 18.4 Å². The number of carbonyl (C=O) groups is 1. The van der Waals surface area contributed by atoms with E-state index in [-0.39, 0.29) is 12.1 Å². The molecule has 0 aliphatic carbocycles. The van der Waals surface area contributed by atoms with Crippen molar-refractivity contribution >= 4 is 11.7 Å². The summed E-state index contributed by atoms with van der Waals surface area (Å²) in [4.78, 5) is 20.6. The summed E-state index contributed by atoms with van der Waals surface area (Å²) < 4.78 is 28.3. The summed E-state index contributed by atoms with van der Waals surface area (Å²) in [6.07, 6.45) is 3.76. The zero-order chi connectivity index (χ0) is 18.5. The standard InChI is InChI=1S/C18H17F2N5O/c1-12-23-16(11-17(24-12)25-8-2-3-9-25)21-6-7-22-18(26)14-5-4-13(19)10-15(14)20/h2-5,8-11H,6-7H2,1H3,(H,22,26)(H,21,23,24). The van der Waals surface area contributed by atoms with Crippen molar-refractivity contribution in [3.8, 4) is 5.82 Å². The van der Waals surface area contributed by atoms with E-state index in [1.165, 1.54) is 0 Å². The summed E-state index contributed by atoms with van der Waals surface area (Å²) in [5.74, 6) is -0.269. The van der Waals surface area contributed by atoms with E-state index in [1.807, 2.05) is 29.1 Å². The van der Waals surface area contributed by atoms with Gasteiger partial charge in [0, 0.05) is 37.6 Å². The number of carbonyl (C=O) groups excluding carboxylic acids is 1. The second-order valence-corrected chi connectivity index (χ2v) is 5.56. The maximum atomic E-state index is 13.6. The fourth-order valence-corrected chi connectivity index (χ4v) is 2.40. The molecule has 1 amide bonds. The Morgan fingerprint density at radius 3 is 2.62 bits per heavy atom. The molecule has 0 saturated carbocycles. The highest BCUT2D eigenvalue weighted by molar-refractivity contribution is 5.94. The predicted octanol–water partition coefficient (Wildman–Crippen LogP) is 2.70. The Morgan fingerprint density at radius 2 is 1.88 bits per heavy atom. The Hall–Kier alpha value is -3.29. The van der Waals surface area contributed by atoms with Gasteiger partial charge in [-0.1, -0.05) is 0 Å². The molecule has 2 N–H and O–H groups in total. The van der Waals surface area contributed by atoms with Gasteiger partial charge in [0.2, 0.25) is 0 Å².